The summed E-state index contributed by atoms with van der Waals surface area (Å²) in [5.41, 5.74) is 8.26. The molecule has 2 rings (SSSR count). The molecular formula is C14H16F3N3O. The van der Waals surface area contributed by atoms with Crippen LogP contribution in [0.2, 0.25) is 0 Å². The fraction of sp³-hybridized carbons (Fsp3) is 0.357. The van der Waals surface area contributed by atoms with Gasteiger partial charge in [0.05, 0.1) is 17.4 Å². The monoisotopic (exact) mass is 299 g/mol. The number of rotatable bonds is 4. The van der Waals surface area contributed by atoms with E-state index in [0.717, 1.165) is 17.8 Å². The first-order chi connectivity index (χ1) is 9.80. The van der Waals surface area contributed by atoms with E-state index in [-0.39, 0.29) is 5.75 Å². The lowest BCUT2D eigenvalue weighted by Gasteiger charge is -2.14. The molecule has 0 saturated carbocycles. The highest BCUT2D eigenvalue weighted by Gasteiger charge is 2.31. The van der Waals surface area contributed by atoms with Crippen LogP contribution < -0.4 is 10.5 Å². The van der Waals surface area contributed by atoms with Gasteiger partial charge >= 0.3 is 6.36 Å². The van der Waals surface area contributed by atoms with E-state index in [9.17, 15) is 13.2 Å². The predicted octanol–water partition coefficient (Wildman–Crippen LogP) is 2.93. The Bertz CT molecular complexity index is 622. The van der Waals surface area contributed by atoms with Gasteiger partial charge in [-0.3, -0.25) is 4.68 Å². The summed E-state index contributed by atoms with van der Waals surface area (Å²) in [5.74, 6) is -0.284. The lowest BCUT2D eigenvalue weighted by Crippen LogP contribution is -2.18. The van der Waals surface area contributed by atoms with Crippen LogP contribution >= 0.6 is 0 Å². The number of nitrogens with two attached hydrogens (primary N) is 1. The fourth-order valence-electron chi connectivity index (χ4n) is 2.08. The maximum atomic E-state index is 12.2. The molecule has 0 aliphatic rings. The van der Waals surface area contributed by atoms with Gasteiger partial charge in [0.25, 0.3) is 0 Å². The van der Waals surface area contributed by atoms with Gasteiger partial charge in [-0.1, -0.05) is 19.1 Å². The van der Waals surface area contributed by atoms with Crippen molar-refractivity contribution in [1.29, 1.82) is 0 Å². The summed E-state index contributed by atoms with van der Waals surface area (Å²) >= 11 is 0. The number of hydrogen-bond donors (Lipinski definition) is 1. The van der Waals surface area contributed by atoms with Crippen molar-refractivity contribution in [2.45, 2.75) is 25.7 Å². The zero-order valence-corrected chi connectivity index (χ0v) is 11.7. The number of benzene rings is 1. The molecule has 0 fully saturated rings. The second-order valence-corrected chi connectivity index (χ2v) is 4.64. The molecule has 1 heterocycles. The van der Waals surface area contributed by atoms with Crippen molar-refractivity contribution in [2.75, 3.05) is 0 Å². The number of halogens is 3. The van der Waals surface area contributed by atoms with E-state index < -0.39 is 12.4 Å². The predicted molar refractivity (Wildman–Crippen MR) is 71.7 cm³/mol. The minimum atomic E-state index is -4.72. The third-order valence-corrected chi connectivity index (χ3v) is 3.10. The molecule has 0 bridgehead atoms. The van der Waals surface area contributed by atoms with Gasteiger partial charge in [0.2, 0.25) is 0 Å². The molecule has 0 radical (unpaired) electrons. The SMILES string of the molecule is CCc1cc(C(N)c2cccc(OC(F)(F)F)c2)n(C)n1. The van der Waals surface area contributed by atoms with Crippen molar-refractivity contribution in [1.82, 2.24) is 9.78 Å². The average Bonchev–Trinajstić information content (AvgIpc) is 2.77. The van der Waals surface area contributed by atoms with Gasteiger partial charge in [0.1, 0.15) is 5.75 Å². The largest absolute Gasteiger partial charge is 0.573 e. The number of nitrogens with zero attached hydrogens (tertiary/aromatic N) is 2. The first-order valence-electron chi connectivity index (χ1n) is 6.44. The Morgan fingerprint density at radius 2 is 2.05 bits per heavy atom. The Labute approximate surface area is 120 Å². The fourth-order valence-corrected chi connectivity index (χ4v) is 2.08. The molecular weight excluding hydrogens is 283 g/mol. The van der Waals surface area contributed by atoms with Crippen molar-refractivity contribution in [3.63, 3.8) is 0 Å². The lowest BCUT2D eigenvalue weighted by molar-refractivity contribution is -0.274. The molecule has 2 N–H and O–H groups in total. The van der Waals surface area contributed by atoms with Crippen molar-refractivity contribution in [3.05, 3.63) is 47.3 Å². The molecule has 2 aromatic rings. The Hall–Kier alpha value is -2.02. The third-order valence-electron chi connectivity index (χ3n) is 3.10. The average molecular weight is 299 g/mol. The Balaban J connectivity index is 2.28. The summed E-state index contributed by atoms with van der Waals surface area (Å²) in [6.45, 7) is 1.97. The van der Waals surface area contributed by atoms with E-state index in [4.69, 9.17) is 5.73 Å². The van der Waals surface area contributed by atoms with Crippen molar-refractivity contribution in [2.24, 2.45) is 12.8 Å². The lowest BCUT2D eigenvalue weighted by atomic mass is 10.0. The molecule has 4 nitrogen and oxygen atoms in total. The molecule has 114 valence electrons. The quantitative estimate of drug-likeness (QED) is 0.944. The molecule has 1 aromatic heterocycles. The van der Waals surface area contributed by atoms with Crippen LogP contribution in [0.15, 0.2) is 30.3 Å². The normalized spacial score (nSPS) is 13.2. The van der Waals surface area contributed by atoms with Crippen molar-refractivity contribution >= 4 is 0 Å². The number of hydrogen-bond acceptors (Lipinski definition) is 3. The summed E-state index contributed by atoms with van der Waals surface area (Å²) in [5, 5.41) is 4.28. The van der Waals surface area contributed by atoms with Gasteiger partial charge in [-0.25, -0.2) is 0 Å². The summed E-state index contributed by atoms with van der Waals surface area (Å²) in [4.78, 5) is 0. The van der Waals surface area contributed by atoms with Crippen LogP contribution in [0.3, 0.4) is 0 Å². The van der Waals surface area contributed by atoms with E-state index >= 15 is 0 Å². The first-order valence-corrected chi connectivity index (χ1v) is 6.44. The number of aromatic nitrogens is 2. The van der Waals surface area contributed by atoms with Gasteiger partial charge in [0, 0.05) is 7.05 Å². The summed E-state index contributed by atoms with van der Waals surface area (Å²) in [6.07, 6.45) is -3.96. The Morgan fingerprint density at radius 3 is 2.62 bits per heavy atom. The van der Waals surface area contributed by atoms with Crippen LogP contribution in [0.25, 0.3) is 0 Å². The smallest absolute Gasteiger partial charge is 0.406 e. The zero-order chi connectivity index (χ0) is 15.6. The van der Waals surface area contributed by atoms with E-state index in [1.54, 1.807) is 17.8 Å². The molecule has 0 saturated heterocycles. The van der Waals surface area contributed by atoms with Gasteiger partial charge in [-0.2, -0.15) is 5.10 Å². The number of aryl methyl sites for hydroxylation is 2. The van der Waals surface area contributed by atoms with Crippen LogP contribution in [0.4, 0.5) is 13.2 Å². The molecule has 0 spiro atoms. The second kappa shape index (κ2) is 5.77. The van der Waals surface area contributed by atoms with Crippen LogP contribution in [0.5, 0.6) is 5.75 Å². The number of alkyl halides is 3. The first kappa shape index (κ1) is 15.4. The highest BCUT2D eigenvalue weighted by molar-refractivity contribution is 5.35. The molecule has 1 atom stereocenters. The van der Waals surface area contributed by atoms with Crippen LogP contribution in [0.1, 0.15) is 29.9 Å². The number of ether oxygens (including phenoxy) is 1. The van der Waals surface area contributed by atoms with Crippen LogP contribution in [0, 0.1) is 0 Å². The molecule has 1 unspecified atom stereocenters. The summed E-state index contributed by atoms with van der Waals surface area (Å²) in [6, 6.07) is 6.95. The Morgan fingerprint density at radius 1 is 1.33 bits per heavy atom. The highest BCUT2D eigenvalue weighted by Crippen LogP contribution is 2.27. The van der Waals surface area contributed by atoms with E-state index in [2.05, 4.69) is 9.84 Å². The van der Waals surface area contributed by atoms with Gasteiger partial charge in [-0.15, -0.1) is 13.2 Å². The molecule has 1 aromatic carbocycles. The summed E-state index contributed by atoms with van der Waals surface area (Å²) in [7, 11) is 1.75. The molecule has 0 aliphatic heterocycles. The van der Waals surface area contributed by atoms with Gasteiger partial charge in [0.15, 0.2) is 0 Å². The molecule has 7 heteroatoms. The third kappa shape index (κ3) is 3.75. The second-order valence-electron chi connectivity index (χ2n) is 4.64. The van der Waals surface area contributed by atoms with Gasteiger partial charge < -0.3 is 10.5 Å². The zero-order valence-electron chi connectivity index (χ0n) is 11.7. The van der Waals surface area contributed by atoms with Gasteiger partial charge in [-0.05, 0) is 30.2 Å². The standard InChI is InChI=1S/C14H16F3N3O/c1-3-10-8-12(20(2)19-10)13(18)9-5-4-6-11(7-9)21-14(15,16)17/h4-8,13H,3,18H2,1-2H3. The highest BCUT2D eigenvalue weighted by atomic mass is 19.4. The van der Waals surface area contributed by atoms with Crippen LogP contribution in [-0.2, 0) is 13.5 Å². The van der Waals surface area contributed by atoms with E-state index in [1.165, 1.54) is 18.2 Å². The molecule has 21 heavy (non-hydrogen) atoms. The maximum Gasteiger partial charge on any atom is 0.573 e. The molecule has 0 aliphatic carbocycles. The maximum absolute atomic E-state index is 12.2. The topological polar surface area (TPSA) is 53.1 Å². The Kier molecular flexibility index (Phi) is 4.22. The van der Waals surface area contributed by atoms with E-state index in [0.29, 0.717) is 5.56 Å². The van der Waals surface area contributed by atoms with Crippen molar-refractivity contribution in [3.8, 4) is 5.75 Å². The summed E-state index contributed by atoms with van der Waals surface area (Å²) < 4.78 is 42.3. The van der Waals surface area contributed by atoms with Crippen molar-refractivity contribution < 1.29 is 17.9 Å². The minimum absolute atomic E-state index is 0.284. The molecule has 0 amide bonds. The minimum Gasteiger partial charge on any atom is -0.406 e. The van der Waals surface area contributed by atoms with E-state index in [1.807, 2.05) is 13.0 Å². The van der Waals surface area contributed by atoms with Crippen LogP contribution in [-0.4, -0.2) is 16.1 Å².